The van der Waals surface area contributed by atoms with Crippen molar-refractivity contribution in [3.63, 3.8) is 0 Å². The molecule has 3 aromatic carbocycles. The van der Waals surface area contributed by atoms with Crippen molar-refractivity contribution in [2.45, 2.75) is 44.4 Å². The van der Waals surface area contributed by atoms with Crippen molar-refractivity contribution in [3.05, 3.63) is 195 Å². The minimum atomic E-state index is 0.212. The van der Waals surface area contributed by atoms with E-state index < -0.39 is 0 Å². The molecule has 4 aliphatic carbocycles. The predicted octanol–water partition coefficient (Wildman–Crippen LogP) is 9.29. The van der Waals surface area contributed by atoms with Crippen LogP contribution in [0.5, 0.6) is 0 Å². The molecule has 4 aliphatic rings. The molecule has 0 aromatic heterocycles. The smallest absolute Gasteiger partial charge is 0.0715 e. The Kier molecular flexibility index (Phi) is 6.92. The van der Waals surface area contributed by atoms with Crippen LogP contribution in [0.4, 0.5) is 0 Å². The first-order valence-corrected chi connectivity index (χ1v) is 15.5. The van der Waals surface area contributed by atoms with Crippen LogP contribution in [0.1, 0.15) is 65.3 Å². The molecule has 3 aromatic rings. The second-order valence-corrected chi connectivity index (χ2v) is 12.5. The molecule has 3 radical (unpaired) electrons. The average Bonchev–Trinajstić information content (AvgIpc) is 3.30. The Hall–Kier alpha value is -4.20. The van der Waals surface area contributed by atoms with Gasteiger partial charge in [-0.3, -0.25) is 0 Å². The lowest BCUT2D eigenvalue weighted by Crippen LogP contribution is -2.18. The molecule has 7 rings (SSSR count). The van der Waals surface area contributed by atoms with Crippen LogP contribution in [0, 0.1) is 6.92 Å². The molecular formula is C41H35Si. The molecule has 0 N–H and O–H groups in total. The number of allylic oxidation sites excluding steroid dienone is 16. The quantitative estimate of drug-likeness (QED) is 0.281. The van der Waals surface area contributed by atoms with Crippen LogP contribution >= 0.6 is 0 Å². The summed E-state index contributed by atoms with van der Waals surface area (Å²) >= 11 is 0. The number of hydrogen-bond donors (Lipinski definition) is 0. The van der Waals surface area contributed by atoms with Crippen molar-refractivity contribution in [1.82, 2.24) is 0 Å². The third kappa shape index (κ3) is 4.44. The Labute approximate surface area is 254 Å². The first-order valence-electron chi connectivity index (χ1n) is 15.0. The Balaban J connectivity index is 1.39. The van der Waals surface area contributed by atoms with Crippen LogP contribution < -0.4 is 5.19 Å². The van der Waals surface area contributed by atoms with Crippen LogP contribution in [0.25, 0.3) is 0 Å². The summed E-state index contributed by atoms with van der Waals surface area (Å²) in [4.78, 5) is 0. The first kappa shape index (κ1) is 26.7. The lowest BCUT2D eigenvalue weighted by Gasteiger charge is -2.28. The third-order valence-corrected chi connectivity index (χ3v) is 10.0. The Morgan fingerprint density at radius 3 is 1.57 bits per heavy atom. The number of benzene rings is 3. The van der Waals surface area contributed by atoms with Gasteiger partial charge in [-0.15, -0.1) is 0 Å². The van der Waals surface area contributed by atoms with Gasteiger partial charge in [0.1, 0.15) is 0 Å². The molecule has 0 fully saturated rings. The van der Waals surface area contributed by atoms with Crippen molar-refractivity contribution in [2.75, 3.05) is 0 Å². The van der Waals surface area contributed by atoms with Crippen LogP contribution in [-0.2, 0) is 0 Å². The normalized spacial score (nSPS) is 24.4. The van der Waals surface area contributed by atoms with Gasteiger partial charge in [0.2, 0.25) is 0 Å². The van der Waals surface area contributed by atoms with E-state index in [1.165, 1.54) is 66.4 Å². The molecule has 0 saturated carbocycles. The molecule has 0 heterocycles. The van der Waals surface area contributed by atoms with E-state index in [1.54, 1.807) is 0 Å². The van der Waals surface area contributed by atoms with Crippen molar-refractivity contribution in [2.24, 2.45) is 0 Å². The largest absolute Gasteiger partial charge is 0.0726 e. The fraction of sp³-hybridized carbons (Fsp3) is 0.171. The zero-order chi connectivity index (χ0) is 28.8. The SMILES string of the molecule is CC1=CC2=C(C=CC=CC2c2ccccc2)C1c1ccc([Si])c(C)c1C1C(C)=CC2=C1C=CC=CC2c1ccccc1. The summed E-state index contributed by atoms with van der Waals surface area (Å²) in [5.41, 5.74) is 15.4. The summed E-state index contributed by atoms with van der Waals surface area (Å²) in [6.45, 7) is 6.94. The molecule has 0 spiro atoms. The lowest BCUT2D eigenvalue weighted by atomic mass is 9.76. The van der Waals surface area contributed by atoms with E-state index in [0.717, 1.165) is 0 Å². The highest BCUT2D eigenvalue weighted by molar-refractivity contribution is 6.33. The standard InChI is InChI=1S/C41H35Si/c1-26-24-36-31(29-14-6-4-7-15-29)18-10-12-20-33(36)39(26)35-22-23-38(42)28(3)41(35)40-27(2)25-37-32(19-11-13-21-34(37)40)30-16-8-5-9-17-30/h4-25,31-32,39-40H,1-3H3. The van der Waals surface area contributed by atoms with Gasteiger partial charge in [0, 0.05) is 23.7 Å². The second-order valence-electron chi connectivity index (χ2n) is 12.0. The van der Waals surface area contributed by atoms with Gasteiger partial charge in [0.05, 0.1) is 10.2 Å². The van der Waals surface area contributed by atoms with Crippen molar-refractivity contribution < 1.29 is 0 Å². The fourth-order valence-corrected chi connectivity index (χ4v) is 7.75. The van der Waals surface area contributed by atoms with Crippen LogP contribution in [-0.4, -0.2) is 10.2 Å². The van der Waals surface area contributed by atoms with E-state index in [0.29, 0.717) is 0 Å². The molecule has 42 heavy (non-hydrogen) atoms. The zero-order valence-electron chi connectivity index (χ0n) is 24.5. The van der Waals surface area contributed by atoms with Crippen molar-refractivity contribution >= 4 is 15.4 Å². The molecule has 1 heteroatoms. The third-order valence-electron chi connectivity index (χ3n) is 9.48. The topological polar surface area (TPSA) is 0 Å². The van der Waals surface area contributed by atoms with Gasteiger partial charge in [-0.1, -0.05) is 150 Å². The minimum Gasteiger partial charge on any atom is -0.0726 e. The fourth-order valence-electron chi connectivity index (χ4n) is 7.53. The number of hydrogen-bond acceptors (Lipinski definition) is 0. The highest BCUT2D eigenvalue weighted by Crippen LogP contribution is 2.52. The van der Waals surface area contributed by atoms with Gasteiger partial charge in [0.15, 0.2) is 0 Å². The van der Waals surface area contributed by atoms with Crippen molar-refractivity contribution in [1.29, 1.82) is 0 Å². The maximum Gasteiger partial charge on any atom is 0.0715 e. The first-order chi connectivity index (χ1) is 20.5. The highest BCUT2D eigenvalue weighted by atomic mass is 28.1. The van der Waals surface area contributed by atoms with E-state index in [9.17, 15) is 0 Å². The minimum absolute atomic E-state index is 0.212. The summed E-state index contributed by atoms with van der Waals surface area (Å²) in [5.74, 6) is 0.930. The maximum atomic E-state index is 3.99. The van der Waals surface area contributed by atoms with E-state index in [4.69, 9.17) is 0 Å². The second kappa shape index (κ2) is 10.9. The Morgan fingerprint density at radius 2 is 1.02 bits per heavy atom. The molecule has 4 atom stereocenters. The highest BCUT2D eigenvalue weighted by Gasteiger charge is 2.36. The molecule has 203 valence electrons. The monoisotopic (exact) mass is 555 g/mol. The lowest BCUT2D eigenvalue weighted by molar-refractivity contribution is 0.873. The molecule has 0 aliphatic heterocycles. The molecule has 4 unspecified atom stereocenters. The average molecular weight is 556 g/mol. The van der Waals surface area contributed by atoms with Crippen LogP contribution in [0.15, 0.2) is 167 Å². The van der Waals surface area contributed by atoms with Gasteiger partial charge < -0.3 is 0 Å². The summed E-state index contributed by atoms with van der Waals surface area (Å²) in [5, 5.41) is 1.17. The molecule has 0 bridgehead atoms. The van der Waals surface area contributed by atoms with Crippen molar-refractivity contribution in [3.8, 4) is 0 Å². The van der Waals surface area contributed by atoms with E-state index >= 15 is 0 Å². The predicted molar refractivity (Wildman–Crippen MR) is 179 cm³/mol. The maximum absolute atomic E-state index is 3.99. The van der Waals surface area contributed by atoms with Gasteiger partial charge in [-0.25, -0.2) is 0 Å². The Bertz CT molecular complexity index is 1800. The van der Waals surface area contributed by atoms with Crippen LogP contribution in [0.2, 0.25) is 0 Å². The van der Waals surface area contributed by atoms with Gasteiger partial charge in [0.25, 0.3) is 0 Å². The molecular weight excluding hydrogens is 521 g/mol. The summed E-state index contributed by atoms with van der Waals surface area (Å²) in [7, 11) is 3.99. The number of rotatable bonds is 4. The van der Waals surface area contributed by atoms with Gasteiger partial charge in [-0.2, -0.15) is 0 Å². The summed E-state index contributed by atoms with van der Waals surface area (Å²) in [6.07, 6.45) is 23.2. The summed E-state index contributed by atoms with van der Waals surface area (Å²) in [6, 6.07) is 26.5. The van der Waals surface area contributed by atoms with E-state index in [1.807, 2.05) is 0 Å². The molecule has 0 nitrogen and oxygen atoms in total. The van der Waals surface area contributed by atoms with E-state index in [-0.39, 0.29) is 23.7 Å². The summed E-state index contributed by atoms with van der Waals surface area (Å²) < 4.78 is 0. The van der Waals surface area contributed by atoms with Crippen LogP contribution in [0.3, 0.4) is 0 Å². The van der Waals surface area contributed by atoms with Gasteiger partial charge in [-0.05, 0) is 70.9 Å². The van der Waals surface area contributed by atoms with E-state index in [2.05, 4.69) is 165 Å². The Morgan fingerprint density at radius 1 is 0.524 bits per heavy atom. The molecule has 0 saturated heterocycles. The zero-order valence-corrected chi connectivity index (χ0v) is 25.5. The van der Waals surface area contributed by atoms with Gasteiger partial charge >= 0.3 is 0 Å². The molecule has 0 amide bonds.